The van der Waals surface area contributed by atoms with Gasteiger partial charge in [-0.15, -0.1) is 0 Å². The van der Waals surface area contributed by atoms with Gasteiger partial charge in [0.15, 0.2) is 6.10 Å². The number of ether oxygens (including phenoxy) is 1. The third-order valence-corrected chi connectivity index (χ3v) is 5.94. The minimum Gasteiger partial charge on any atom is -0.464 e. The molecule has 3 N–H and O–H groups in total. The van der Waals surface area contributed by atoms with Gasteiger partial charge in [-0.25, -0.2) is 14.2 Å². The molecule has 4 aromatic rings. The second-order valence-electron chi connectivity index (χ2n) is 8.06. The summed E-state index contributed by atoms with van der Waals surface area (Å²) in [6.45, 7) is 1.58. The van der Waals surface area contributed by atoms with Gasteiger partial charge >= 0.3 is 5.97 Å². The van der Waals surface area contributed by atoms with Gasteiger partial charge in [-0.1, -0.05) is 47.5 Å². The molecule has 0 aliphatic heterocycles. The molecule has 12 heteroatoms. The maximum absolute atomic E-state index is 14.3. The lowest BCUT2D eigenvalue weighted by atomic mass is 10.0. The van der Waals surface area contributed by atoms with E-state index in [1.807, 2.05) is 0 Å². The summed E-state index contributed by atoms with van der Waals surface area (Å²) in [4.78, 5) is 25.0. The van der Waals surface area contributed by atoms with Crippen LogP contribution in [0.5, 0.6) is 0 Å². The average Bonchev–Trinajstić information content (AvgIpc) is 3.35. The third-order valence-electron chi connectivity index (χ3n) is 5.42. The number of aliphatic hydroxyl groups excluding tert-OH is 1. The number of H-pyrrole nitrogens is 1. The van der Waals surface area contributed by atoms with Crippen LogP contribution in [0.1, 0.15) is 22.8 Å². The highest BCUT2D eigenvalue weighted by atomic mass is 35.5. The molecule has 1 heterocycles. The molecule has 0 aliphatic rings. The Labute approximate surface area is 221 Å². The Morgan fingerprint density at radius 1 is 1.14 bits per heavy atom. The zero-order valence-electron chi connectivity index (χ0n) is 19.5. The monoisotopic (exact) mass is 545 g/mol. The van der Waals surface area contributed by atoms with Crippen LogP contribution >= 0.6 is 23.2 Å². The Hall–Kier alpha value is -3.57. The van der Waals surface area contributed by atoms with E-state index in [9.17, 15) is 19.1 Å². The maximum Gasteiger partial charge on any atom is 0.336 e. The number of fused-ring (bicyclic) bond motifs is 1. The first-order valence-corrected chi connectivity index (χ1v) is 12.0. The minimum atomic E-state index is -1.51. The number of nitrogens with one attached hydrogen (secondary N) is 2. The molecule has 0 aliphatic carbocycles. The molecule has 0 radical (unpaired) electrons. The predicted octanol–water partition coefficient (Wildman–Crippen LogP) is 4.14. The number of aromatic nitrogens is 3. The number of carbonyl (C=O) groups excluding carboxylic acids is 2. The van der Waals surface area contributed by atoms with Gasteiger partial charge in [0.25, 0.3) is 5.91 Å². The number of halogens is 3. The molecule has 1 aromatic heterocycles. The molecule has 1 amide bonds. The van der Waals surface area contributed by atoms with Crippen molar-refractivity contribution in [2.24, 2.45) is 0 Å². The van der Waals surface area contributed by atoms with Gasteiger partial charge < -0.3 is 9.84 Å². The van der Waals surface area contributed by atoms with Crippen molar-refractivity contribution in [1.29, 1.82) is 0 Å². The molecule has 3 aromatic carbocycles. The summed E-state index contributed by atoms with van der Waals surface area (Å²) in [5.41, 5.74) is 5.39. The summed E-state index contributed by atoms with van der Waals surface area (Å²) in [5.74, 6) is -1.77. The fraction of sp³-hybridized carbons (Fsp3) is 0.200. The Morgan fingerprint density at radius 2 is 1.89 bits per heavy atom. The fourth-order valence-corrected chi connectivity index (χ4v) is 4.08. The summed E-state index contributed by atoms with van der Waals surface area (Å²) in [7, 11) is 0. The summed E-state index contributed by atoms with van der Waals surface area (Å²) in [6.07, 6.45) is -1.51. The van der Waals surface area contributed by atoms with E-state index in [0.717, 1.165) is 0 Å². The second-order valence-corrected chi connectivity index (χ2v) is 8.90. The highest BCUT2D eigenvalue weighted by molar-refractivity contribution is 6.35. The molecule has 0 bridgehead atoms. The van der Waals surface area contributed by atoms with Crippen LogP contribution < -0.4 is 5.43 Å². The van der Waals surface area contributed by atoms with Crippen molar-refractivity contribution in [3.8, 4) is 11.1 Å². The summed E-state index contributed by atoms with van der Waals surface area (Å²) in [5, 5.41) is 22.7. The van der Waals surface area contributed by atoms with E-state index in [2.05, 4.69) is 20.8 Å². The molecule has 4 rings (SSSR count). The Balaban J connectivity index is 1.55. The average molecular weight is 546 g/mol. The van der Waals surface area contributed by atoms with Crippen LogP contribution in [0, 0.1) is 5.82 Å². The number of aliphatic hydroxyl groups is 1. The van der Waals surface area contributed by atoms with Crippen LogP contribution in [0.4, 0.5) is 4.39 Å². The van der Waals surface area contributed by atoms with Gasteiger partial charge in [-0.3, -0.25) is 10.2 Å². The smallest absolute Gasteiger partial charge is 0.336 e. The van der Waals surface area contributed by atoms with Crippen molar-refractivity contribution in [1.82, 2.24) is 25.8 Å². The highest BCUT2D eigenvalue weighted by Crippen LogP contribution is 2.27. The molecule has 192 valence electrons. The standard InChI is InChI=1S/C25H22Cl2FN5O4/c1-2-37-25(36)22(34)13-33(31-24(35)16-9-19(27)23-21(10-16)29-32-30-23)12-14-3-5-15(6-4-14)18-11-17(26)7-8-20(18)28/h3-11,22,34H,2,12-13H2,1H3,(H,31,35)(H,29,30,32). The first-order valence-electron chi connectivity index (χ1n) is 11.2. The number of hydrogen-bond acceptors (Lipinski definition) is 7. The van der Waals surface area contributed by atoms with Crippen molar-refractivity contribution in [2.45, 2.75) is 19.6 Å². The maximum atomic E-state index is 14.3. The Bertz CT molecular complexity index is 1430. The molecule has 37 heavy (non-hydrogen) atoms. The van der Waals surface area contributed by atoms with Crippen molar-refractivity contribution >= 4 is 46.1 Å². The Morgan fingerprint density at radius 3 is 2.62 bits per heavy atom. The van der Waals surface area contributed by atoms with Crippen LogP contribution in [0.3, 0.4) is 0 Å². The van der Waals surface area contributed by atoms with Gasteiger partial charge in [0, 0.05) is 22.7 Å². The van der Waals surface area contributed by atoms with Crippen LogP contribution in [0.15, 0.2) is 54.6 Å². The van der Waals surface area contributed by atoms with Crippen LogP contribution in [-0.4, -0.2) is 56.7 Å². The number of amides is 1. The number of carbonyl (C=O) groups is 2. The van der Waals surface area contributed by atoms with Crippen LogP contribution in [-0.2, 0) is 16.1 Å². The molecular formula is C25H22Cl2FN5O4. The lowest BCUT2D eigenvalue weighted by molar-refractivity contribution is -0.154. The number of rotatable bonds is 9. The van der Waals surface area contributed by atoms with Crippen molar-refractivity contribution < 1.29 is 23.8 Å². The van der Waals surface area contributed by atoms with Gasteiger partial charge in [-0.05, 0) is 48.4 Å². The summed E-state index contributed by atoms with van der Waals surface area (Å²) >= 11 is 12.2. The van der Waals surface area contributed by atoms with E-state index in [4.69, 9.17) is 27.9 Å². The lowest BCUT2D eigenvalue weighted by Crippen LogP contribution is -2.47. The normalized spacial score (nSPS) is 12.1. The molecule has 0 saturated carbocycles. The van der Waals surface area contributed by atoms with E-state index in [0.29, 0.717) is 32.7 Å². The first-order chi connectivity index (χ1) is 17.7. The number of aromatic amines is 1. The van der Waals surface area contributed by atoms with Crippen LogP contribution in [0.2, 0.25) is 10.0 Å². The van der Waals surface area contributed by atoms with E-state index >= 15 is 0 Å². The molecule has 1 unspecified atom stereocenters. The number of esters is 1. The molecule has 9 nitrogen and oxygen atoms in total. The zero-order valence-corrected chi connectivity index (χ0v) is 21.1. The summed E-state index contributed by atoms with van der Waals surface area (Å²) < 4.78 is 19.1. The molecule has 1 atom stereocenters. The van der Waals surface area contributed by atoms with Crippen LogP contribution in [0.25, 0.3) is 22.2 Å². The van der Waals surface area contributed by atoms with Gasteiger partial charge in [-0.2, -0.15) is 15.4 Å². The SMILES string of the molecule is CCOC(=O)C(O)CN(Cc1ccc(-c2cc(Cl)ccc2F)cc1)NC(=O)c1cc(Cl)c2n[nH]nc2c1. The first kappa shape index (κ1) is 26.5. The van der Waals surface area contributed by atoms with Gasteiger partial charge in [0.2, 0.25) is 0 Å². The second kappa shape index (κ2) is 11.7. The number of benzene rings is 3. The van der Waals surface area contributed by atoms with Gasteiger partial charge in [0.05, 0.1) is 18.2 Å². The number of hydrogen-bond donors (Lipinski definition) is 3. The topological polar surface area (TPSA) is 120 Å². The zero-order chi connectivity index (χ0) is 26.5. The lowest BCUT2D eigenvalue weighted by Gasteiger charge is -2.25. The number of nitrogens with zero attached hydrogens (tertiary/aromatic N) is 3. The number of hydrazine groups is 1. The van der Waals surface area contributed by atoms with E-state index in [-0.39, 0.29) is 30.3 Å². The van der Waals surface area contributed by atoms with E-state index in [1.54, 1.807) is 31.2 Å². The van der Waals surface area contributed by atoms with Gasteiger partial charge in [0.1, 0.15) is 16.9 Å². The summed E-state index contributed by atoms with van der Waals surface area (Å²) in [6, 6.07) is 14.2. The molecule has 0 spiro atoms. The molecule has 0 saturated heterocycles. The largest absolute Gasteiger partial charge is 0.464 e. The molecule has 0 fully saturated rings. The predicted molar refractivity (Wildman–Crippen MR) is 136 cm³/mol. The minimum absolute atomic E-state index is 0.0972. The van der Waals surface area contributed by atoms with E-state index < -0.39 is 23.8 Å². The highest BCUT2D eigenvalue weighted by Gasteiger charge is 2.23. The van der Waals surface area contributed by atoms with E-state index in [1.165, 1.54) is 35.3 Å². The van der Waals surface area contributed by atoms with Crippen molar-refractivity contribution in [3.05, 3.63) is 81.6 Å². The van der Waals surface area contributed by atoms with Crippen molar-refractivity contribution in [3.63, 3.8) is 0 Å². The quantitative estimate of drug-likeness (QED) is 0.213. The fourth-order valence-electron chi connectivity index (χ4n) is 3.65. The third kappa shape index (κ3) is 6.41. The molecular weight excluding hydrogens is 524 g/mol. The van der Waals surface area contributed by atoms with Crippen molar-refractivity contribution in [2.75, 3.05) is 13.2 Å². The Kier molecular flexibility index (Phi) is 8.34.